The average molecular weight is 362 g/mol. The Kier molecular flexibility index (Phi) is 5.19. The van der Waals surface area contributed by atoms with Gasteiger partial charge in [-0.2, -0.15) is 5.10 Å². The number of aromatic amines is 1. The number of fused-ring (bicyclic) bond motifs is 1. The van der Waals surface area contributed by atoms with Crippen LogP contribution in [-0.4, -0.2) is 39.1 Å². The molecular weight excluding hydrogens is 336 g/mol. The fourth-order valence-electron chi connectivity index (χ4n) is 4.10. The summed E-state index contributed by atoms with van der Waals surface area (Å²) in [7, 11) is 0. The zero-order valence-electron chi connectivity index (χ0n) is 15.8. The molecule has 1 saturated heterocycles. The van der Waals surface area contributed by atoms with Gasteiger partial charge in [-0.15, -0.1) is 0 Å². The van der Waals surface area contributed by atoms with E-state index in [1.54, 1.807) is 0 Å². The van der Waals surface area contributed by atoms with Crippen molar-refractivity contribution in [2.24, 2.45) is 0 Å². The SMILES string of the molecule is Cc1cc(CC(CC(=O)N2CCCCC2)c2ccccn2)cc2cn[nH]c12. The standard InChI is InChI=1S/C22H26N4O/c1-16-11-17(13-19-15-24-25-22(16)19)12-18(20-7-3-4-8-23-20)14-21(27)26-9-5-2-6-10-26/h3-4,7-8,11,13,15,18H,2,5-6,9-10,12,14H2,1H3,(H,24,25). The maximum atomic E-state index is 12.9. The highest BCUT2D eigenvalue weighted by Gasteiger charge is 2.23. The molecule has 27 heavy (non-hydrogen) atoms. The van der Waals surface area contributed by atoms with Gasteiger partial charge in [0.15, 0.2) is 0 Å². The molecule has 0 radical (unpaired) electrons. The zero-order chi connectivity index (χ0) is 18.6. The van der Waals surface area contributed by atoms with Crippen molar-refractivity contribution in [1.82, 2.24) is 20.1 Å². The zero-order valence-corrected chi connectivity index (χ0v) is 15.8. The van der Waals surface area contributed by atoms with Gasteiger partial charge in [0.2, 0.25) is 5.91 Å². The Morgan fingerprint density at radius 3 is 2.85 bits per heavy atom. The molecule has 0 aliphatic carbocycles. The fraction of sp³-hybridized carbons (Fsp3) is 0.409. The second-order valence-corrected chi connectivity index (χ2v) is 7.55. The summed E-state index contributed by atoms with van der Waals surface area (Å²) in [6, 6.07) is 10.3. The molecule has 4 rings (SSSR count). The van der Waals surface area contributed by atoms with E-state index < -0.39 is 0 Å². The number of nitrogens with one attached hydrogen (secondary N) is 1. The highest BCUT2D eigenvalue weighted by Crippen LogP contribution is 2.27. The average Bonchev–Trinajstić information content (AvgIpc) is 3.18. The molecular formula is C22H26N4O. The highest BCUT2D eigenvalue weighted by molar-refractivity contribution is 5.82. The number of nitrogens with zero attached hydrogens (tertiary/aromatic N) is 3. The largest absolute Gasteiger partial charge is 0.343 e. The summed E-state index contributed by atoms with van der Waals surface area (Å²) in [5, 5.41) is 8.32. The Hall–Kier alpha value is -2.69. The Labute approximate surface area is 159 Å². The summed E-state index contributed by atoms with van der Waals surface area (Å²) in [5.74, 6) is 0.343. The van der Waals surface area contributed by atoms with Crippen LogP contribution in [0.3, 0.4) is 0 Å². The Morgan fingerprint density at radius 2 is 2.07 bits per heavy atom. The lowest BCUT2D eigenvalue weighted by atomic mass is 9.90. The Bertz CT molecular complexity index is 912. The van der Waals surface area contributed by atoms with E-state index in [2.05, 4.69) is 34.2 Å². The molecule has 1 aliphatic heterocycles. The molecule has 1 N–H and O–H groups in total. The van der Waals surface area contributed by atoms with E-state index in [1.807, 2.05) is 35.5 Å². The normalized spacial score (nSPS) is 15.8. The summed E-state index contributed by atoms with van der Waals surface area (Å²) in [5.41, 5.74) is 4.48. The van der Waals surface area contributed by atoms with Crippen molar-refractivity contribution in [1.29, 1.82) is 0 Å². The van der Waals surface area contributed by atoms with Crippen LogP contribution in [0.2, 0.25) is 0 Å². The van der Waals surface area contributed by atoms with Gasteiger partial charge in [-0.05, 0) is 61.9 Å². The van der Waals surface area contributed by atoms with Crippen molar-refractivity contribution < 1.29 is 4.79 Å². The minimum absolute atomic E-state index is 0.0874. The summed E-state index contributed by atoms with van der Waals surface area (Å²) >= 11 is 0. The van der Waals surface area contributed by atoms with Crippen LogP contribution in [0.15, 0.2) is 42.7 Å². The fourth-order valence-corrected chi connectivity index (χ4v) is 4.10. The molecule has 1 aromatic carbocycles. The van der Waals surface area contributed by atoms with Crippen molar-refractivity contribution in [2.75, 3.05) is 13.1 Å². The van der Waals surface area contributed by atoms with Gasteiger partial charge < -0.3 is 4.90 Å². The molecule has 1 unspecified atom stereocenters. The van der Waals surface area contributed by atoms with Crippen molar-refractivity contribution in [3.8, 4) is 0 Å². The lowest BCUT2D eigenvalue weighted by molar-refractivity contribution is -0.132. The number of hydrogen-bond acceptors (Lipinski definition) is 3. The topological polar surface area (TPSA) is 61.9 Å². The number of hydrogen-bond donors (Lipinski definition) is 1. The maximum Gasteiger partial charge on any atom is 0.223 e. The van der Waals surface area contributed by atoms with Crippen LogP contribution < -0.4 is 0 Å². The number of rotatable bonds is 5. The van der Waals surface area contributed by atoms with E-state index in [4.69, 9.17) is 0 Å². The van der Waals surface area contributed by atoms with Crippen LogP contribution in [0.4, 0.5) is 0 Å². The number of likely N-dealkylation sites (tertiary alicyclic amines) is 1. The number of amides is 1. The second-order valence-electron chi connectivity index (χ2n) is 7.55. The quantitative estimate of drug-likeness (QED) is 0.746. The molecule has 1 aliphatic rings. The molecule has 3 aromatic rings. The molecule has 0 saturated carbocycles. The van der Waals surface area contributed by atoms with E-state index in [1.165, 1.54) is 17.5 Å². The smallest absolute Gasteiger partial charge is 0.223 e. The first-order chi connectivity index (χ1) is 13.2. The molecule has 0 bridgehead atoms. The molecule has 2 aromatic heterocycles. The molecule has 1 amide bonds. The lowest BCUT2D eigenvalue weighted by Crippen LogP contribution is -2.36. The van der Waals surface area contributed by atoms with E-state index in [9.17, 15) is 4.79 Å². The molecule has 1 fully saturated rings. The third-order valence-electron chi connectivity index (χ3n) is 5.52. The van der Waals surface area contributed by atoms with E-state index in [-0.39, 0.29) is 11.8 Å². The Morgan fingerprint density at radius 1 is 1.22 bits per heavy atom. The van der Waals surface area contributed by atoms with Gasteiger partial charge in [0.05, 0.1) is 11.7 Å². The van der Waals surface area contributed by atoms with Gasteiger partial charge in [-0.25, -0.2) is 0 Å². The predicted octanol–water partition coefficient (Wildman–Crippen LogP) is 4.00. The molecule has 5 nitrogen and oxygen atoms in total. The van der Waals surface area contributed by atoms with Crippen LogP contribution in [0.1, 0.15) is 48.4 Å². The van der Waals surface area contributed by atoms with Gasteiger partial charge in [0.1, 0.15) is 0 Å². The van der Waals surface area contributed by atoms with Crippen LogP contribution in [-0.2, 0) is 11.2 Å². The van der Waals surface area contributed by atoms with Crippen molar-refractivity contribution in [3.63, 3.8) is 0 Å². The minimum atomic E-state index is 0.0874. The lowest BCUT2D eigenvalue weighted by Gasteiger charge is -2.28. The predicted molar refractivity (Wildman–Crippen MR) is 107 cm³/mol. The van der Waals surface area contributed by atoms with Gasteiger partial charge >= 0.3 is 0 Å². The summed E-state index contributed by atoms with van der Waals surface area (Å²) < 4.78 is 0. The van der Waals surface area contributed by atoms with Crippen LogP contribution >= 0.6 is 0 Å². The number of aryl methyl sites for hydroxylation is 1. The van der Waals surface area contributed by atoms with Gasteiger partial charge in [-0.1, -0.05) is 12.1 Å². The van der Waals surface area contributed by atoms with Gasteiger partial charge in [0, 0.05) is 42.7 Å². The second kappa shape index (κ2) is 7.91. The molecule has 5 heteroatoms. The minimum Gasteiger partial charge on any atom is -0.343 e. The first-order valence-electron chi connectivity index (χ1n) is 9.82. The monoisotopic (exact) mass is 362 g/mol. The third-order valence-corrected chi connectivity index (χ3v) is 5.52. The van der Waals surface area contributed by atoms with Crippen LogP contribution in [0.25, 0.3) is 10.9 Å². The van der Waals surface area contributed by atoms with Crippen molar-refractivity contribution in [2.45, 2.75) is 44.9 Å². The molecule has 1 atom stereocenters. The Balaban J connectivity index is 1.58. The number of aromatic nitrogens is 3. The molecule has 140 valence electrons. The maximum absolute atomic E-state index is 12.9. The molecule has 0 spiro atoms. The number of piperidine rings is 1. The first-order valence-corrected chi connectivity index (χ1v) is 9.82. The summed E-state index contributed by atoms with van der Waals surface area (Å²) in [6.07, 6.45) is 8.47. The highest BCUT2D eigenvalue weighted by atomic mass is 16.2. The van der Waals surface area contributed by atoms with Gasteiger partial charge in [0.25, 0.3) is 0 Å². The number of carbonyl (C=O) groups excluding carboxylic acids is 1. The number of carbonyl (C=O) groups is 1. The summed E-state index contributed by atoms with van der Waals surface area (Å²) in [4.78, 5) is 19.5. The van der Waals surface area contributed by atoms with Gasteiger partial charge in [-0.3, -0.25) is 14.9 Å². The van der Waals surface area contributed by atoms with Crippen LogP contribution in [0, 0.1) is 6.92 Å². The third kappa shape index (κ3) is 4.02. The molecule has 3 heterocycles. The van der Waals surface area contributed by atoms with Crippen molar-refractivity contribution in [3.05, 3.63) is 59.5 Å². The van der Waals surface area contributed by atoms with E-state index in [0.717, 1.165) is 48.9 Å². The first kappa shape index (κ1) is 17.7. The number of pyridine rings is 1. The summed E-state index contributed by atoms with van der Waals surface area (Å²) in [6.45, 7) is 3.89. The van der Waals surface area contributed by atoms with Crippen LogP contribution in [0.5, 0.6) is 0 Å². The van der Waals surface area contributed by atoms with Crippen molar-refractivity contribution >= 4 is 16.8 Å². The number of H-pyrrole nitrogens is 1. The van der Waals surface area contributed by atoms with E-state index in [0.29, 0.717) is 6.42 Å². The number of benzene rings is 1. The van der Waals surface area contributed by atoms with E-state index >= 15 is 0 Å².